The number of fused-ring (bicyclic) bond motifs is 1. The molecule has 25 heavy (non-hydrogen) atoms. The van der Waals surface area contributed by atoms with Crippen molar-refractivity contribution in [3.8, 4) is 11.1 Å². The summed E-state index contributed by atoms with van der Waals surface area (Å²) in [5, 5.41) is 10.8. The van der Waals surface area contributed by atoms with Crippen molar-refractivity contribution in [2.45, 2.75) is 6.54 Å². The minimum absolute atomic E-state index is 0.130. The number of aromatic nitrogens is 3. The molecule has 1 N–H and O–H groups in total. The maximum absolute atomic E-state index is 12.0. The molecule has 4 rings (SSSR count). The van der Waals surface area contributed by atoms with Crippen LogP contribution in [0.3, 0.4) is 0 Å². The van der Waals surface area contributed by atoms with Gasteiger partial charge in [-0.1, -0.05) is 30.3 Å². The number of rotatable bonds is 3. The van der Waals surface area contributed by atoms with Gasteiger partial charge in [-0.3, -0.25) is 9.69 Å². The van der Waals surface area contributed by atoms with Gasteiger partial charge in [0.05, 0.1) is 4.47 Å². The van der Waals surface area contributed by atoms with E-state index in [2.05, 4.69) is 31.3 Å². The highest BCUT2D eigenvalue weighted by Gasteiger charge is 2.32. The molecule has 2 heterocycles. The average molecular weight is 400 g/mol. The molecule has 7 nitrogen and oxygen atoms in total. The van der Waals surface area contributed by atoms with E-state index in [0.717, 1.165) is 37.1 Å². The molecule has 8 heteroatoms. The van der Waals surface area contributed by atoms with Gasteiger partial charge in [0.25, 0.3) is 0 Å². The van der Waals surface area contributed by atoms with Crippen LogP contribution in [0.4, 0.5) is 4.79 Å². The van der Waals surface area contributed by atoms with E-state index in [9.17, 15) is 9.59 Å². The van der Waals surface area contributed by atoms with Crippen LogP contribution in [0.15, 0.2) is 40.9 Å². The summed E-state index contributed by atoms with van der Waals surface area (Å²) in [7, 11) is 1.51. The summed E-state index contributed by atoms with van der Waals surface area (Å²) in [5.74, 6) is -0.175. The topological polar surface area (TPSA) is 82.2 Å². The third-order valence-corrected chi connectivity index (χ3v) is 5.13. The number of nitrogens with zero attached hydrogens (tertiary/aromatic N) is 4. The fraction of sp³-hybridized carbons (Fsp3) is 0.176. The van der Waals surface area contributed by atoms with Crippen molar-refractivity contribution in [3.05, 3.63) is 46.4 Å². The number of nitrogens with one attached hydrogen (secondary N) is 1. The van der Waals surface area contributed by atoms with Crippen LogP contribution in [0, 0.1) is 0 Å². The smallest absolute Gasteiger partial charge is 0.311 e. The molecule has 0 unspecified atom stereocenters. The number of hydrogen-bond acceptors (Lipinski definition) is 4. The van der Waals surface area contributed by atoms with Gasteiger partial charge in [-0.25, -0.2) is 4.79 Å². The summed E-state index contributed by atoms with van der Waals surface area (Å²) in [5.41, 5.74) is 4.60. The lowest BCUT2D eigenvalue weighted by Crippen LogP contribution is -2.29. The highest BCUT2D eigenvalue weighted by molar-refractivity contribution is 9.10. The number of carbonyl (C=O) groups excluding carboxylic acids is 2. The molecule has 0 saturated carbocycles. The maximum atomic E-state index is 12.0. The first kappa shape index (κ1) is 15.8. The van der Waals surface area contributed by atoms with E-state index < -0.39 is 0 Å². The molecule has 0 bridgehead atoms. The van der Waals surface area contributed by atoms with Crippen molar-refractivity contribution in [1.29, 1.82) is 0 Å². The molecular formula is C17H14BrN5O2. The summed E-state index contributed by atoms with van der Waals surface area (Å²) in [6, 6.07) is 11.6. The summed E-state index contributed by atoms with van der Waals surface area (Å²) in [4.78, 5) is 26.2. The fourth-order valence-corrected chi connectivity index (χ4v) is 3.55. The van der Waals surface area contributed by atoms with Gasteiger partial charge >= 0.3 is 6.03 Å². The van der Waals surface area contributed by atoms with Gasteiger partial charge in [-0.05, 0) is 38.7 Å². The first-order valence-corrected chi connectivity index (χ1v) is 8.47. The van der Waals surface area contributed by atoms with Crippen molar-refractivity contribution >= 4 is 38.9 Å². The Morgan fingerprint density at radius 3 is 2.56 bits per heavy atom. The SMILES string of the molecule is CN1C(=O)CN(Cc2ccc(-c3ccc4n[nH]nc4c3Br)cc2)C1=O. The van der Waals surface area contributed by atoms with E-state index in [1.54, 1.807) is 0 Å². The van der Waals surface area contributed by atoms with Crippen LogP contribution in [0.2, 0.25) is 0 Å². The Labute approximate surface area is 151 Å². The molecule has 2 aromatic carbocycles. The molecule has 126 valence electrons. The third kappa shape index (κ3) is 2.68. The summed E-state index contributed by atoms with van der Waals surface area (Å²) < 4.78 is 0.883. The van der Waals surface area contributed by atoms with Crippen LogP contribution in [0.1, 0.15) is 5.56 Å². The third-order valence-electron chi connectivity index (χ3n) is 4.32. The average Bonchev–Trinajstić information content (AvgIpc) is 3.18. The Bertz CT molecular complexity index is 982. The van der Waals surface area contributed by atoms with E-state index in [1.807, 2.05) is 36.4 Å². The lowest BCUT2D eigenvalue weighted by atomic mass is 10.0. The molecule has 0 aliphatic carbocycles. The minimum atomic E-state index is -0.256. The van der Waals surface area contributed by atoms with Crippen molar-refractivity contribution in [2.75, 3.05) is 13.6 Å². The number of aromatic amines is 1. The Balaban J connectivity index is 1.58. The second kappa shape index (κ2) is 5.96. The van der Waals surface area contributed by atoms with Gasteiger partial charge in [0.15, 0.2) is 0 Å². The first-order chi connectivity index (χ1) is 12.0. The predicted octanol–water partition coefficient (Wildman–Crippen LogP) is 2.78. The van der Waals surface area contributed by atoms with Gasteiger partial charge in [0.2, 0.25) is 5.91 Å². The van der Waals surface area contributed by atoms with Crippen LogP contribution in [-0.4, -0.2) is 50.7 Å². The zero-order chi connectivity index (χ0) is 17.6. The molecule has 3 amide bonds. The standard InChI is InChI=1S/C17H14BrN5O2/c1-22-14(24)9-23(17(22)25)8-10-2-4-11(5-3-10)12-6-7-13-16(15(12)18)20-21-19-13/h2-7H,8-9H2,1H3,(H,19,20,21). The molecule has 0 atom stereocenters. The highest BCUT2D eigenvalue weighted by Crippen LogP contribution is 2.33. The van der Waals surface area contributed by atoms with Crippen molar-refractivity contribution in [2.24, 2.45) is 0 Å². The Morgan fingerprint density at radius 1 is 1.12 bits per heavy atom. The minimum Gasteiger partial charge on any atom is -0.311 e. The lowest BCUT2D eigenvalue weighted by molar-refractivity contribution is -0.124. The molecule has 1 aliphatic rings. The van der Waals surface area contributed by atoms with E-state index in [-0.39, 0.29) is 18.5 Å². The molecule has 0 radical (unpaired) electrons. The number of carbonyl (C=O) groups is 2. The summed E-state index contributed by atoms with van der Waals surface area (Å²) >= 11 is 3.59. The van der Waals surface area contributed by atoms with Crippen LogP contribution >= 0.6 is 15.9 Å². The van der Waals surface area contributed by atoms with Gasteiger partial charge in [0, 0.05) is 13.6 Å². The van der Waals surface area contributed by atoms with Gasteiger partial charge in [0.1, 0.15) is 17.6 Å². The Morgan fingerprint density at radius 2 is 1.88 bits per heavy atom. The Kier molecular flexibility index (Phi) is 3.76. The molecule has 1 aliphatic heterocycles. The number of H-pyrrole nitrogens is 1. The van der Waals surface area contributed by atoms with E-state index >= 15 is 0 Å². The van der Waals surface area contributed by atoms with E-state index in [0.29, 0.717) is 6.54 Å². The number of likely N-dealkylation sites (N-methyl/N-ethyl adjacent to an activating group) is 1. The number of imide groups is 1. The Hall–Kier alpha value is -2.74. The summed E-state index contributed by atoms with van der Waals surface area (Å²) in [6.45, 7) is 0.546. The largest absolute Gasteiger partial charge is 0.327 e. The van der Waals surface area contributed by atoms with E-state index in [4.69, 9.17) is 0 Å². The predicted molar refractivity (Wildman–Crippen MR) is 95.6 cm³/mol. The summed E-state index contributed by atoms with van der Waals surface area (Å²) in [6.07, 6.45) is 0. The van der Waals surface area contributed by atoms with Gasteiger partial charge in [-0.2, -0.15) is 15.4 Å². The molecular weight excluding hydrogens is 386 g/mol. The van der Waals surface area contributed by atoms with Crippen molar-refractivity contribution < 1.29 is 9.59 Å². The van der Waals surface area contributed by atoms with Crippen molar-refractivity contribution in [3.63, 3.8) is 0 Å². The number of urea groups is 1. The van der Waals surface area contributed by atoms with Gasteiger partial charge in [-0.15, -0.1) is 0 Å². The number of benzene rings is 2. The zero-order valence-electron chi connectivity index (χ0n) is 13.4. The molecule has 1 saturated heterocycles. The van der Waals surface area contributed by atoms with Crippen LogP contribution in [-0.2, 0) is 11.3 Å². The molecule has 0 spiro atoms. The van der Waals surface area contributed by atoms with Gasteiger partial charge < -0.3 is 4.90 Å². The number of hydrogen-bond donors (Lipinski definition) is 1. The van der Waals surface area contributed by atoms with E-state index in [1.165, 1.54) is 11.9 Å². The number of halogens is 1. The quantitative estimate of drug-likeness (QED) is 0.686. The lowest BCUT2D eigenvalue weighted by Gasteiger charge is -2.15. The monoisotopic (exact) mass is 399 g/mol. The van der Waals surface area contributed by atoms with Crippen molar-refractivity contribution in [1.82, 2.24) is 25.2 Å². The zero-order valence-corrected chi connectivity index (χ0v) is 14.9. The second-order valence-corrected chi connectivity index (χ2v) is 6.70. The maximum Gasteiger partial charge on any atom is 0.327 e. The molecule has 3 aromatic rings. The first-order valence-electron chi connectivity index (χ1n) is 7.68. The molecule has 1 aromatic heterocycles. The number of amides is 3. The molecule has 1 fully saturated rings. The van der Waals surface area contributed by atoms with Crippen LogP contribution in [0.5, 0.6) is 0 Å². The second-order valence-electron chi connectivity index (χ2n) is 5.91. The normalized spacial score (nSPS) is 14.8. The highest BCUT2D eigenvalue weighted by atomic mass is 79.9. The van der Waals surface area contributed by atoms with Crippen LogP contribution in [0.25, 0.3) is 22.2 Å². The fourth-order valence-electron chi connectivity index (χ4n) is 2.89. The van der Waals surface area contributed by atoms with Crippen LogP contribution < -0.4 is 0 Å².